The van der Waals surface area contributed by atoms with Gasteiger partial charge in [-0.05, 0) is 44.5 Å². The highest BCUT2D eigenvalue weighted by Gasteiger charge is 2.17. The zero-order valence-electron chi connectivity index (χ0n) is 17.3. The Bertz CT molecular complexity index is 916. The van der Waals surface area contributed by atoms with Crippen LogP contribution in [0.15, 0.2) is 54.2 Å². The van der Waals surface area contributed by atoms with Gasteiger partial charge in [0, 0.05) is 18.3 Å². The van der Waals surface area contributed by atoms with Gasteiger partial charge in [-0.2, -0.15) is 5.26 Å². The van der Waals surface area contributed by atoms with Crippen LogP contribution in [0.4, 0.5) is 0 Å². The van der Waals surface area contributed by atoms with Gasteiger partial charge in [-0.15, -0.1) is 0 Å². The molecule has 0 saturated heterocycles. The standard InChI is InChI=1S/C23H27N3O3/c1-5-29-22-10-9-16(2)11-21(22)17(3)26-23(27)19(13-24)15-25-14-18-7-6-8-20(12-18)28-4/h6-12,15,17,25H,5,14H2,1-4H3,(H,26,27)/b19-15-. The third-order valence-electron chi connectivity index (χ3n) is 4.33. The molecule has 0 aliphatic heterocycles. The van der Waals surface area contributed by atoms with Crippen LogP contribution in [0.3, 0.4) is 0 Å². The van der Waals surface area contributed by atoms with Crippen molar-refractivity contribution in [1.82, 2.24) is 10.6 Å². The van der Waals surface area contributed by atoms with Crippen LogP contribution in [0.1, 0.15) is 36.6 Å². The van der Waals surface area contributed by atoms with Gasteiger partial charge >= 0.3 is 0 Å². The van der Waals surface area contributed by atoms with Gasteiger partial charge in [-0.25, -0.2) is 0 Å². The second kappa shape index (κ2) is 10.8. The molecule has 1 atom stereocenters. The number of ether oxygens (including phenoxy) is 2. The predicted molar refractivity (Wildman–Crippen MR) is 112 cm³/mol. The maximum absolute atomic E-state index is 12.6. The minimum atomic E-state index is -0.443. The van der Waals surface area contributed by atoms with Gasteiger partial charge in [-0.3, -0.25) is 4.79 Å². The average Bonchev–Trinajstić information content (AvgIpc) is 2.72. The minimum absolute atomic E-state index is 0.00496. The first-order valence-corrected chi connectivity index (χ1v) is 9.49. The quantitative estimate of drug-likeness (QED) is 0.500. The lowest BCUT2D eigenvalue weighted by molar-refractivity contribution is -0.117. The molecule has 0 aliphatic rings. The van der Waals surface area contributed by atoms with Crippen molar-refractivity contribution in [3.05, 3.63) is 70.9 Å². The lowest BCUT2D eigenvalue weighted by atomic mass is 10.0. The molecular formula is C23H27N3O3. The summed E-state index contributed by atoms with van der Waals surface area (Å²) in [5.41, 5.74) is 2.93. The van der Waals surface area contributed by atoms with E-state index in [2.05, 4.69) is 10.6 Å². The number of rotatable bonds is 9. The third kappa shape index (κ3) is 6.28. The van der Waals surface area contributed by atoms with E-state index in [9.17, 15) is 10.1 Å². The second-order valence-electron chi connectivity index (χ2n) is 6.57. The molecule has 29 heavy (non-hydrogen) atoms. The van der Waals surface area contributed by atoms with Crippen molar-refractivity contribution in [2.45, 2.75) is 33.4 Å². The van der Waals surface area contributed by atoms with E-state index in [0.29, 0.717) is 13.2 Å². The van der Waals surface area contributed by atoms with Crippen molar-refractivity contribution in [1.29, 1.82) is 5.26 Å². The Morgan fingerprint density at radius 1 is 1.28 bits per heavy atom. The van der Waals surface area contributed by atoms with Crippen LogP contribution in [-0.4, -0.2) is 19.6 Å². The molecule has 6 heteroatoms. The lowest BCUT2D eigenvalue weighted by Gasteiger charge is -2.18. The number of methoxy groups -OCH3 is 1. The Kier molecular flexibility index (Phi) is 8.11. The predicted octanol–water partition coefficient (Wildman–Crippen LogP) is 3.78. The summed E-state index contributed by atoms with van der Waals surface area (Å²) in [6.07, 6.45) is 1.43. The summed E-state index contributed by atoms with van der Waals surface area (Å²) in [4.78, 5) is 12.6. The Morgan fingerprint density at radius 3 is 2.76 bits per heavy atom. The molecule has 2 aromatic carbocycles. The third-order valence-corrected chi connectivity index (χ3v) is 4.33. The van der Waals surface area contributed by atoms with E-state index in [4.69, 9.17) is 9.47 Å². The van der Waals surface area contributed by atoms with Gasteiger partial charge < -0.3 is 20.1 Å². The van der Waals surface area contributed by atoms with Gasteiger partial charge in [0.1, 0.15) is 23.1 Å². The van der Waals surface area contributed by atoms with Gasteiger partial charge in [0.05, 0.1) is 19.8 Å². The molecule has 0 saturated carbocycles. The molecule has 1 amide bonds. The zero-order valence-corrected chi connectivity index (χ0v) is 17.3. The highest BCUT2D eigenvalue weighted by molar-refractivity contribution is 5.97. The molecule has 0 heterocycles. The molecule has 2 N–H and O–H groups in total. The number of carbonyl (C=O) groups is 1. The summed E-state index contributed by atoms with van der Waals surface area (Å²) in [7, 11) is 1.61. The number of hydrogen-bond donors (Lipinski definition) is 2. The Hall–Kier alpha value is -3.46. The number of nitrogens with one attached hydrogen (secondary N) is 2. The van der Waals surface area contributed by atoms with E-state index in [1.165, 1.54) is 6.20 Å². The van der Waals surface area contributed by atoms with Crippen LogP contribution < -0.4 is 20.1 Å². The fraction of sp³-hybridized carbons (Fsp3) is 0.304. The average molecular weight is 393 g/mol. The molecule has 0 aliphatic carbocycles. The van der Waals surface area contributed by atoms with Crippen LogP contribution in [-0.2, 0) is 11.3 Å². The number of carbonyl (C=O) groups excluding carboxylic acids is 1. The van der Waals surface area contributed by atoms with Crippen LogP contribution >= 0.6 is 0 Å². The molecule has 6 nitrogen and oxygen atoms in total. The first kappa shape index (κ1) is 21.8. The summed E-state index contributed by atoms with van der Waals surface area (Å²) in [6, 6.07) is 15.1. The van der Waals surface area contributed by atoms with Gasteiger partial charge in [-0.1, -0.05) is 29.8 Å². The second-order valence-corrected chi connectivity index (χ2v) is 6.57. The topological polar surface area (TPSA) is 83.4 Å². The largest absolute Gasteiger partial charge is 0.497 e. The van der Waals surface area contributed by atoms with Crippen molar-refractivity contribution >= 4 is 5.91 Å². The van der Waals surface area contributed by atoms with Crippen molar-refractivity contribution in [3.8, 4) is 17.6 Å². The smallest absolute Gasteiger partial charge is 0.263 e. The van der Waals surface area contributed by atoms with E-state index in [-0.39, 0.29) is 11.6 Å². The molecular weight excluding hydrogens is 366 g/mol. The van der Waals surface area contributed by atoms with E-state index in [0.717, 1.165) is 28.2 Å². The number of nitrogens with zero attached hydrogens (tertiary/aromatic N) is 1. The number of hydrogen-bond acceptors (Lipinski definition) is 5. The van der Waals surface area contributed by atoms with Crippen LogP contribution in [0.2, 0.25) is 0 Å². The highest BCUT2D eigenvalue weighted by Crippen LogP contribution is 2.26. The van der Waals surface area contributed by atoms with E-state index < -0.39 is 5.91 Å². The molecule has 2 rings (SSSR count). The first-order valence-electron chi connectivity index (χ1n) is 9.49. The molecule has 0 aromatic heterocycles. The summed E-state index contributed by atoms with van der Waals surface area (Å²) in [5, 5.41) is 15.3. The Labute approximate surface area is 172 Å². The monoisotopic (exact) mass is 393 g/mol. The number of nitriles is 1. The normalized spacial score (nSPS) is 11.9. The zero-order chi connectivity index (χ0) is 21.2. The van der Waals surface area contributed by atoms with Crippen LogP contribution in [0.25, 0.3) is 0 Å². The number of aryl methyl sites for hydroxylation is 1. The molecule has 0 bridgehead atoms. The first-order chi connectivity index (χ1) is 14.0. The molecule has 0 radical (unpaired) electrons. The van der Waals surface area contributed by atoms with E-state index in [1.807, 2.05) is 69.3 Å². The van der Waals surface area contributed by atoms with Crippen molar-refractivity contribution in [2.24, 2.45) is 0 Å². The van der Waals surface area contributed by atoms with E-state index in [1.54, 1.807) is 7.11 Å². The number of benzene rings is 2. The molecule has 2 aromatic rings. The Morgan fingerprint density at radius 2 is 2.07 bits per heavy atom. The highest BCUT2D eigenvalue weighted by atomic mass is 16.5. The summed E-state index contributed by atoms with van der Waals surface area (Å²) < 4.78 is 10.9. The SMILES string of the molecule is CCOc1ccc(C)cc1C(C)NC(=O)/C(C#N)=C\NCc1cccc(OC)c1. The van der Waals surface area contributed by atoms with Gasteiger partial charge in [0.25, 0.3) is 5.91 Å². The molecule has 0 spiro atoms. The fourth-order valence-electron chi connectivity index (χ4n) is 2.85. The number of amides is 1. The lowest BCUT2D eigenvalue weighted by Crippen LogP contribution is -2.29. The Balaban J connectivity index is 2.04. The molecule has 0 fully saturated rings. The van der Waals surface area contributed by atoms with Gasteiger partial charge in [0.15, 0.2) is 0 Å². The van der Waals surface area contributed by atoms with Crippen LogP contribution in [0.5, 0.6) is 11.5 Å². The maximum Gasteiger partial charge on any atom is 0.263 e. The minimum Gasteiger partial charge on any atom is -0.497 e. The molecule has 152 valence electrons. The molecule has 1 unspecified atom stereocenters. The fourth-order valence-corrected chi connectivity index (χ4v) is 2.85. The van der Waals surface area contributed by atoms with E-state index >= 15 is 0 Å². The summed E-state index contributed by atoms with van der Waals surface area (Å²) in [6.45, 7) is 6.77. The van der Waals surface area contributed by atoms with Crippen molar-refractivity contribution in [2.75, 3.05) is 13.7 Å². The maximum atomic E-state index is 12.6. The van der Waals surface area contributed by atoms with Crippen molar-refractivity contribution < 1.29 is 14.3 Å². The summed E-state index contributed by atoms with van der Waals surface area (Å²) >= 11 is 0. The van der Waals surface area contributed by atoms with Crippen LogP contribution in [0, 0.1) is 18.3 Å². The van der Waals surface area contributed by atoms with Gasteiger partial charge in [0.2, 0.25) is 0 Å². The van der Waals surface area contributed by atoms with Crippen molar-refractivity contribution in [3.63, 3.8) is 0 Å². The summed E-state index contributed by atoms with van der Waals surface area (Å²) in [5.74, 6) is 1.04.